The summed E-state index contributed by atoms with van der Waals surface area (Å²) in [6.45, 7) is 2.30. The van der Waals surface area contributed by atoms with Crippen LogP contribution in [0.2, 0.25) is 0 Å². The Labute approximate surface area is 160 Å². The predicted octanol–water partition coefficient (Wildman–Crippen LogP) is 2.22. The van der Waals surface area contributed by atoms with Gasteiger partial charge in [-0.05, 0) is 41.8 Å². The van der Waals surface area contributed by atoms with Crippen molar-refractivity contribution in [3.63, 3.8) is 0 Å². The first-order valence-electron chi connectivity index (χ1n) is 9.23. The van der Waals surface area contributed by atoms with Crippen molar-refractivity contribution >= 4 is 16.9 Å². The summed E-state index contributed by atoms with van der Waals surface area (Å²) in [5.41, 5.74) is 1.42. The second kappa shape index (κ2) is 9.12. The number of aryl methyl sites for hydroxylation is 2. The number of hydrogen-bond donors (Lipinski definition) is 1. The number of fused-ring (bicyclic) bond motifs is 1. The van der Waals surface area contributed by atoms with Gasteiger partial charge in [-0.15, -0.1) is 5.10 Å². The first-order valence-corrected chi connectivity index (χ1v) is 9.23. The van der Waals surface area contributed by atoms with Crippen LogP contribution in [0.5, 0.6) is 5.75 Å². The highest BCUT2D eigenvalue weighted by atomic mass is 16.5. The summed E-state index contributed by atoms with van der Waals surface area (Å²) in [6.07, 6.45) is 5.14. The summed E-state index contributed by atoms with van der Waals surface area (Å²) < 4.78 is 12.8. The maximum absolute atomic E-state index is 12.0. The van der Waals surface area contributed by atoms with E-state index < -0.39 is 5.97 Å². The Morgan fingerprint density at radius 3 is 2.89 bits per heavy atom. The third kappa shape index (κ3) is 4.54. The van der Waals surface area contributed by atoms with Gasteiger partial charge < -0.3 is 14.3 Å². The fourth-order valence-corrected chi connectivity index (χ4v) is 3.03. The van der Waals surface area contributed by atoms with E-state index in [2.05, 4.69) is 22.4 Å². The van der Waals surface area contributed by atoms with E-state index >= 15 is 0 Å². The molecule has 0 aliphatic rings. The van der Waals surface area contributed by atoms with Crippen molar-refractivity contribution in [3.8, 4) is 5.75 Å². The lowest BCUT2D eigenvalue weighted by Crippen LogP contribution is -2.13. The van der Waals surface area contributed by atoms with Gasteiger partial charge >= 0.3 is 5.97 Å². The molecule has 0 radical (unpaired) electrons. The number of rotatable bonds is 10. The zero-order chi connectivity index (χ0) is 19.9. The number of carboxylic acids is 1. The van der Waals surface area contributed by atoms with Gasteiger partial charge in [-0.25, -0.2) is 4.68 Å². The molecule has 0 saturated carbocycles. The van der Waals surface area contributed by atoms with Gasteiger partial charge in [0.2, 0.25) is 0 Å². The van der Waals surface area contributed by atoms with Gasteiger partial charge in [0.15, 0.2) is 11.3 Å². The van der Waals surface area contributed by atoms with Gasteiger partial charge in [0, 0.05) is 18.1 Å². The molecule has 3 rings (SSSR count). The quantitative estimate of drug-likeness (QED) is 0.527. The minimum absolute atomic E-state index is 0.0655. The molecule has 2 heterocycles. The van der Waals surface area contributed by atoms with E-state index in [1.807, 2.05) is 6.07 Å². The van der Waals surface area contributed by atoms with Crippen LogP contribution in [0.15, 0.2) is 33.7 Å². The highest BCUT2D eigenvalue weighted by Crippen LogP contribution is 2.28. The van der Waals surface area contributed by atoms with Crippen LogP contribution in [-0.4, -0.2) is 37.9 Å². The van der Waals surface area contributed by atoms with Crippen LogP contribution in [-0.2, 0) is 24.2 Å². The molecule has 9 nitrogen and oxygen atoms in total. The van der Waals surface area contributed by atoms with Crippen LogP contribution < -0.4 is 10.2 Å². The number of unbranched alkanes of at least 4 members (excludes halogenated alkanes) is 1. The molecule has 1 aromatic carbocycles. The molecule has 28 heavy (non-hydrogen) atoms. The van der Waals surface area contributed by atoms with E-state index in [-0.39, 0.29) is 12.0 Å². The number of ether oxygens (including phenoxy) is 1. The molecule has 1 N–H and O–H groups in total. The molecule has 0 spiro atoms. The third-order valence-electron chi connectivity index (χ3n) is 4.33. The van der Waals surface area contributed by atoms with Crippen molar-refractivity contribution in [1.29, 1.82) is 0 Å². The minimum atomic E-state index is -0.983. The Bertz CT molecular complexity index is 1010. The highest BCUT2D eigenvalue weighted by molar-refractivity contribution is 5.82. The van der Waals surface area contributed by atoms with Crippen LogP contribution in [0.1, 0.15) is 37.6 Å². The molecule has 9 heteroatoms. The SMILES string of the molecule is CCCc1c(OCCCCc2nnnn2CC(=O)O)ccc2c(=O)ccoc12. The zero-order valence-corrected chi connectivity index (χ0v) is 15.6. The lowest BCUT2D eigenvalue weighted by atomic mass is 10.1. The summed E-state index contributed by atoms with van der Waals surface area (Å²) in [5, 5.41) is 20.5. The van der Waals surface area contributed by atoms with Crippen molar-refractivity contribution in [2.45, 2.75) is 45.6 Å². The number of hydrogen-bond acceptors (Lipinski definition) is 7. The Hall–Kier alpha value is -3.23. The normalized spacial score (nSPS) is 11.0. The molecule has 0 atom stereocenters. The van der Waals surface area contributed by atoms with E-state index in [1.54, 1.807) is 6.07 Å². The van der Waals surface area contributed by atoms with Gasteiger partial charge in [-0.3, -0.25) is 9.59 Å². The Kier molecular flexibility index (Phi) is 6.36. The van der Waals surface area contributed by atoms with Gasteiger partial charge in [-0.1, -0.05) is 13.3 Å². The molecule has 0 amide bonds. The van der Waals surface area contributed by atoms with E-state index in [4.69, 9.17) is 14.3 Å². The summed E-state index contributed by atoms with van der Waals surface area (Å²) in [4.78, 5) is 22.8. The first-order chi connectivity index (χ1) is 13.6. The second-order valence-electron chi connectivity index (χ2n) is 6.41. The van der Waals surface area contributed by atoms with Crippen LogP contribution >= 0.6 is 0 Å². The number of carbonyl (C=O) groups is 1. The largest absolute Gasteiger partial charge is 0.493 e. The molecule has 0 aliphatic carbocycles. The number of aromatic nitrogens is 4. The van der Waals surface area contributed by atoms with Crippen molar-refractivity contribution in [1.82, 2.24) is 20.2 Å². The maximum atomic E-state index is 12.0. The molecule has 2 aromatic heterocycles. The molecular weight excluding hydrogens is 364 g/mol. The van der Waals surface area contributed by atoms with Crippen molar-refractivity contribution < 1.29 is 19.1 Å². The van der Waals surface area contributed by atoms with Gasteiger partial charge in [-0.2, -0.15) is 0 Å². The Balaban J connectivity index is 1.60. The molecule has 0 fully saturated rings. The summed E-state index contributed by atoms with van der Waals surface area (Å²) in [6, 6.07) is 4.96. The number of tetrazole rings is 1. The standard InChI is InChI=1S/C19H22N4O5/c1-2-5-14-16(8-7-13-15(24)9-11-28-19(13)14)27-10-4-3-6-17-20-21-22-23(17)12-18(25)26/h7-9,11H,2-6,10,12H2,1H3,(H,25,26). The molecule has 0 unspecified atom stereocenters. The lowest BCUT2D eigenvalue weighted by molar-refractivity contribution is -0.138. The van der Waals surface area contributed by atoms with Crippen LogP contribution in [0.25, 0.3) is 11.0 Å². The predicted molar refractivity (Wildman–Crippen MR) is 100 cm³/mol. The summed E-state index contributed by atoms with van der Waals surface area (Å²) >= 11 is 0. The van der Waals surface area contributed by atoms with Gasteiger partial charge in [0.05, 0.1) is 18.3 Å². The van der Waals surface area contributed by atoms with Gasteiger partial charge in [0.25, 0.3) is 0 Å². The van der Waals surface area contributed by atoms with Crippen molar-refractivity contribution in [2.24, 2.45) is 0 Å². The topological polar surface area (TPSA) is 120 Å². The molecule has 0 aliphatic heterocycles. The molecule has 0 saturated heterocycles. The van der Waals surface area contributed by atoms with E-state index in [0.717, 1.165) is 37.0 Å². The summed E-state index contributed by atoms with van der Waals surface area (Å²) in [5.74, 6) is 0.282. The lowest BCUT2D eigenvalue weighted by Gasteiger charge is -2.12. The Morgan fingerprint density at radius 2 is 2.11 bits per heavy atom. The summed E-state index contributed by atoms with van der Waals surface area (Å²) in [7, 11) is 0. The van der Waals surface area contributed by atoms with Crippen molar-refractivity contribution in [3.05, 3.63) is 46.1 Å². The van der Waals surface area contributed by atoms with E-state index in [1.165, 1.54) is 17.0 Å². The average molecular weight is 386 g/mol. The molecule has 0 bridgehead atoms. The molecular formula is C19H22N4O5. The van der Waals surface area contributed by atoms with Crippen LogP contribution in [0, 0.1) is 0 Å². The number of nitrogens with zero attached hydrogens (tertiary/aromatic N) is 4. The zero-order valence-electron chi connectivity index (χ0n) is 15.6. The molecule has 148 valence electrons. The second-order valence-corrected chi connectivity index (χ2v) is 6.41. The van der Waals surface area contributed by atoms with Crippen LogP contribution in [0.4, 0.5) is 0 Å². The fraction of sp³-hybridized carbons (Fsp3) is 0.421. The van der Waals surface area contributed by atoms with Crippen molar-refractivity contribution in [2.75, 3.05) is 6.61 Å². The average Bonchev–Trinajstić information content (AvgIpc) is 3.09. The molecule has 3 aromatic rings. The highest BCUT2D eigenvalue weighted by Gasteiger charge is 2.13. The monoisotopic (exact) mass is 386 g/mol. The van der Waals surface area contributed by atoms with E-state index in [9.17, 15) is 9.59 Å². The Morgan fingerprint density at radius 1 is 1.25 bits per heavy atom. The van der Waals surface area contributed by atoms with E-state index in [0.29, 0.717) is 29.8 Å². The van der Waals surface area contributed by atoms with Gasteiger partial charge in [0.1, 0.15) is 17.9 Å². The number of carboxylic acid groups (broad SMARTS) is 1. The fourth-order valence-electron chi connectivity index (χ4n) is 3.03. The number of aliphatic carboxylic acids is 1. The third-order valence-corrected chi connectivity index (χ3v) is 4.33. The number of benzene rings is 1. The first kappa shape index (κ1) is 19.5. The minimum Gasteiger partial charge on any atom is -0.493 e. The smallest absolute Gasteiger partial charge is 0.325 e. The maximum Gasteiger partial charge on any atom is 0.325 e. The van der Waals surface area contributed by atoms with Crippen LogP contribution in [0.3, 0.4) is 0 Å².